The van der Waals surface area contributed by atoms with Crippen molar-refractivity contribution in [3.05, 3.63) is 54.6 Å². The van der Waals surface area contributed by atoms with E-state index in [2.05, 4.69) is 39.6 Å². The van der Waals surface area contributed by atoms with Gasteiger partial charge in [-0.25, -0.2) is 15.8 Å². The summed E-state index contributed by atoms with van der Waals surface area (Å²) >= 11 is 0. The van der Waals surface area contributed by atoms with E-state index in [0.29, 0.717) is 0 Å². The average molecular weight is 266 g/mol. The Labute approximate surface area is 118 Å². The maximum Gasteiger partial charge on any atom is 0.0709 e. The molecule has 2 aromatic carbocycles. The highest BCUT2D eigenvalue weighted by molar-refractivity contribution is 5.92. The monoisotopic (exact) mass is 266 g/mol. The molecule has 1 aliphatic rings. The number of aromatic nitrogens is 1. The second-order valence-corrected chi connectivity index (χ2v) is 4.71. The molecule has 0 saturated carbocycles. The summed E-state index contributed by atoms with van der Waals surface area (Å²) in [7, 11) is 0. The maximum absolute atomic E-state index is 4.58. The Hall–Kier alpha value is -2.01. The summed E-state index contributed by atoms with van der Waals surface area (Å²) < 4.78 is 0. The Morgan fingerprint density at radius 1 is 0.750 bits per heavy atom. The molecule has 0 atom stereocenters. The highest BCUT2D eigenvalue weighted by atomic mass is 15.6. The van der Waals surface area contributed by atoms with E-state index in [1.165, 1.54) is 17.2 Å². The second-order valence-electron chi connectivity index (χ2n) is 4.71. The van der Waals surface area contributed by atoms with Gasteiger partial charge in [0.2, 0.25) is 0 Å². The normalized spacial score (nSPS) is 14.8. The van der Waals surface area contributed by atoms with Gasteiger partial charge in [0.25, 0.3) is 0 Å². The van der Waals surface area contributed by atoms with Gasteiger partial charge in [-0.3, -0.25) is 0 Å². The molecule has 4 heteroatoms. The van der Waals surface area contributed by atoms with E-state index in [9.17, 15) is 0 Å². The molecule has 1 aromatic heterocycles. The van der Waals surface area contributed by atoms with E-state index in [4.69, 9.17) is 0 Å². The van der Waals surface area contributed by atoms with Gasteiger partial charge in [-0.2, -0.15) is 5.53 Å². The molecule has 4 rings (SSSR count). The Morgan fingerprint density at radius 2 is 1.30 bits per heavy atom. The number of benzene rings is 2. The van der Waals surface area contributed by atoms with Gasteiger partial charge >= 0.3 is 0 Å². The number of pyridine rings is 1. The lowest BCUT2D eigenvalue weighted by Gasteiger charge is -2.12. The number of nitrogens with zero attached hydrogens (tertiary/aromatic N) is 1. The third kappa shape index (κ3) is 3.11. The van der Waals surface area contributed by atoms with Gasteiger partial charge in [-0.15, -0.1) is 0 Å². The average Bonchev–Trinajstić information content (AvgIpc) is 2.55. The molecule has 1 saturated heterocycles. The predicted octanol–water partition coefficient (Wildman–Crippen LogP) is 2.38. The zero-order chi connectivity index (χ0) is 13.6. The zero-order valence-corrected chi connectivity index (χ0v) is 11.3. The predicted molar refractivity (Wildman–Crippen MR) is 83.0 cm³/mol. The highest BCUT2D eigenvalue weighted by Crippen LogP contribution is 2.18. The number of hydrazine groups is 2. The number of hydrogen-bond acceptors (Lipinski definition) is 4. The van der Waals surface area contributed by atoms with Crippen molar-refractivity contribution in [2.45, 2.75) is 6.42 Å². The third-order valence-corrected chi connectivity index (χ3v) is 3.21. The largest absolute Gasteiger partial charge is 0.248 e. The lowest BCUT2D eigenvalue weighted by Crippen LogP contribution is -2.49. The van der Waals surface area contributed by atoms with Crippen molar-refractivity contribution in [3.63, 3.8) is 0 Å². The van der Waals surface area contributed by atoms with Gasteiger partial charge < -0.3 is 0 Å². The second kappa shape index (κ2) is 6.43. The molecule has 0 aliphatic carbocycles. The zero-order valence-electron chi connectivity index (χ0n) is 11.3. The van der Waals surface area contributed by atoms with Crippen LogP contribution in [-0.4, -0.2) is 18.1 Å². The fourth-order valence-corrected chi connectivity index (χ4v) is 2.17. The SMILES string of the molecule is C1CNNNC1.c1ccc2nc3ccccc3cc2c1. The van der Waals surface area contributed by atoms with Gasteiger partial charge in [0, 0.05) is 23.9 Å². The molecule has 0 radical (unpaired) electrons. The van der Waals surface area contributed by atoms with Crippen molar-refractivity contribution < 1.29 is 0 Å². The van der Waals surface area contributed by atoms with Crippen molar-refractivity contribution in [2.75, 3.05) is 13.1 Å². The first-order valence-electron chi connectivity index (χ1n) is 6.89. The van der Waals surface area contributed by atoms with Crippen LogP contribution in [0.2, 0.25) is 0 Å². The van der Waals surface area contributed by atoms with E-state index >= 15 is 0 Å². The first-order chi connectivity index (χ1) is 9.93. The van der Waals surface area contributed by atoms with Crippen molar-refractivity contribution >= 4 is 21.8 Å². The Kier molecular flexibility index (Phi) is 4.18. The Morgan fingerprint density at radius 3 is 1.75 bits per heavy atom. The van der Waals surface area contributed by atoms with Crippen molar-refractivity contribution in [1.29, 1.82) is 0 Å². The molecule has 20 heavy (non-hydrogen) atoms. The van der Waals surface area contributed by atoms with Crippen molar-refractivity contribution in [1.82, 2.24) is 21.4 Å². The van der Waals surface area contributed by atoms with Crippen LogP contribution in [0.5, 0.6) is 0 Å². The van der Waals surface area contributed by atoms with Crippen LogP contribution >= 0.6 is 0 Å². The van der Waals surface area contributed by atoms with E-state index < -0.39 is 0 Å². The van der Waals surface area contributed by atoms with Crippen molar-refractivity contribution in [2.24, 2.45) is 0 Å². The Balaban J connectivity index is 0.000000170. The molecule has 0 unspecified atom stereocenters. The minimum Gasteiger partial charge on any atom is -0.248 e. The topological polar surface area (TPSA) is 49.0 Å². The van der Waals surface area contributed by atoms with Crippen LogP contribution in [0.15, 0.2) is 54.6 Å². The number of hydrogen-bond donors (Lipinski definition) is 3. The summed E-state index contributed by atoms with van der Waals surface area (Å²) in [5, 5.41) is 2.40. The van der Waals surface area contributed by atoms with Crippen LogP contribution < -0.4 is 16.4 Å². The van der Waals surface area contributed by atoms with Gasteiger partial charge in [0.15, 0.2) is 0 Å². The number of para-hydroxylation sites is 2. The summed E-state index contributed by atoms with van der Waals surface area (Å²) in [5.74, 6) is 0. The molecule has 3 N–H and O–H groups in total. The molecule has 1 aliphatic heterocycles. The minimum absolute atomic E-state index is 1.06. The highest BCUT2D eigenvalue weighted by Gasteiger charge is 1.96. The quantitative estimate of drug-likeness (QED) is 0.547. The lowest BCUT2D eigenvalue weighted by molar-refractivity contribution is 0.372. The van der Waals surface area contributed by atoms with Gasteiger partial charge in [0.1, 0.15) is 0 Å². The van der Waals surface area contributed by atoms with Crippen LogP contribution in [0.3, 0.4) is 0 Å². The molecule has 0 spiro atoms. The molecule has 1 fully saturated rings. The van der Waals surface area contributed by atoms with Gasteiger partial charge in [-0.1, -0.05) is 36.4 Å². The number of fused-ring (bicyclic) bond motifs is 2. The lowest BCUT2D eigenvalue weighted by atomic mass is 10.1. The molecule has 4 nitrogen and oxygen atoms in total. The van der Waals surface area contributed by atoms with Crippen LogP contribution in [0.4, 0.5) is 0 Å². The van der Waals surface area contributed by atoms with Crippen LogP contribution in [0, 0.1) is 0 Å². The molecular weight excluding hydrogens is 248 g/mol. The summed E-state index contributed by atoms with van der Waals surface area (Å²) in [5.41, 5.74) is 10.8. The van der Waals surface area contributed by atoms with Gasteiger partial charge in [-0.05, 0) is 24.6 Å². The minimum atomic E-state index is 1.06. The third-order valence-electron chi connectivity index (χ3n) is 3.21. The van der Waals surface area contributed by atoms with Crippen LogP contribution in [0.25, 0.3) is 21.8 Å². The first-order valence-corrected chi connectivity index (χ1v) is 6.89. The molecule has 0 bridgehead atoms. The summed E-state index contributed by atoms with van der Waals surface area (Å²) in [4.78, 5) is 4.58. The molecular formula is C16H18N4. The fraction of sp³-hybridized carbons (Fsp3) is 0.188. The van der Waals surface area contributed by atoms with E-state index in [1.54, 1.807) is 0 Å². The van der Waals surface area contributed by atoms with E-state index in [0.717, 1.165) is 24.1 Å². The Bertz CT molecular complexity index is 575. The number of nitrogens with one attached hydrogen (secondary N) is 3. The molecule has 0 amide bonds. The van der Waals surface area contributed by atoms with Crippen LogP contribution in [0.1, 0.15) is 6.42 Å². The smallest absolute Gasteiger partial charge is 0.0709 e. The first kappa shape index (κ1) is 13.0. The molecule has 2 heterocycles. The van der Waals surface area contributed by atoms with Crippen LogP contribution in [-0.2, 0) is 0 Å². The maximum atomic E-state index is 4.58. The molecule has 102 valence electrons. The number of rotatable bonds is 0. The van der Waals surface area contributed by atoms with E-state index in [1.807, 2.05) is 36.4 Å². The summed E-state index contributed by atoms with van der Waals surface area (Å²) in [6.45, 7) is 2.15. The summed E-state index contributed by atoms with van der Waals surface area (Å²) in [6.07, 6.45) is 1.22. The fourth-order valence-electron chi connectivity index (χ4n) is 2.17. The van der Waals surface area contributed by atoms with E-state index in [-0.39, 0.29) is 0 Å². The standard InChI is InChI=1S/C13H9N.C3H9N3/c1-3-7-12-10(5-1)9-11-6-2-4-8-13(11)14-12;1-2-4-6-5-3-1/h1-9H;4-6H,1-3H2. The van der Waals surface area contributed by atoms with Gasteiger partial charge in [0.05, 0.1) is 11.0 Å². The van der Waals surface area contributed by atoms with Crippen molar-refractivity contribution in [3.8, 4) is 0 Å². The summed E-state index contributed by atoms with van der Waals surface area (Å²) in [6, 6.07) is 18.6. The molecule has 3 aromatic rings.